The van der Waals surface area contributed by atoms with Crippen molar-refractivity contribution in [2.24, 2.45) is 0 Å². The highest BCUT2D eigenvalue weighted by Crippen LogP contribution is 2.31. The van der Waals surface area contributed by atoms with Gasteiger partial charge in [0.05, 0.1) is 6.04 Å². The first-order chi connectivity index (χ1) is 11.1. The highest BCUT2D eigenvalue weighted by molar-refractivity contribution is 5.86. The Kier molecular flexibility index (Phi) is 4.66. The Morgan fingerprint density at radius 1 is 1.13 bits per heavy atom. The number of amides is 2. The fourth-order valence-corrected chi connectivity index (χ4v) is 3.37. The van der Waals surface area contributed by atoms with Gasteiger partial charge in [-0.05, 0) is 31.7 Å². The number of nitrogens with zero attached hydrogens (tertiary/aromatic N) is 2. The van der Waals surface area contributed by atoms with Crippen LogP contribution in [-0.4, -0.2) is 54.5 Å². The van der Waals surface area contributed by atoms with Gasteiger partial charge in [-0.15, -0.1) is 0 Å². The minimum atomic E-state index is -0.612. The van der Waals surface area contributed by atoms with Gasteiger partial charge in [0.25, 0.3) is 5.91 Å². The predicted octanol–water partition coefficient (Wildman–Crippen LogP) is 1.91. The summed E-state index contributed by atoms with van der Waals surface area (Å²) in [5.41, 5.74) is 2.10. The van der Waals surface area contributed by atoms with Gasteiger partial charge in [0.15, 0.2) is 6.10 Å². The van der Waals surface area contributed by atoms with E-state index in [0.29, 0.717) is 0 Å². The lowest BCUT2D eigenvalue weighted by molar-refractivity contribution is -0.167. The van der Waals surface area contributed by atoms with E-state index in [1.807, 2.05) is 36.1 Å². The van der Waals surface area contributed by atoms with Crippen molar-refractivity contribution in [3.05, 3.63) is 35.4 Å². The Morgan fingerprint density at radius 2 is 1.78 bits per heavy atom. The second kappa shape index (κ2) is 6.71. The van der Waals surface area contributed by atoms with E-state index < -0.39 is 6.10 Å². The summed E-state index contributed by atoms with van der Waals surface area (Å²) in [6.45, 7) is 3.57. The standard InChI is InChI=1S/C18H24N2O3/c1-13-6-8-14(9-7-13)16-17(23-12-15(21)19(16)2)18(22)20-10-4-3-5-11-20/h6-9,16-17H,3-5,10-12H2,1-2H3. The molecule has 23 heavy (non-hydrogen) atoms. The normalized spacial score (nSPS) is 25.6. The molecule has 0 radical (unpaired) electrons. The minimum absolute atomic E-state index is 0.00891. The van der Waals surface area contributed by atoms with Crippen molar-refractivity contribution in [1.29, 1.82) is 0 Å². The minimum Gasteiger partial charge on any atom is -0.356 e. The number of hydrogen-bond acceptors (Lipinski definition) is 3. The first kappa shape index (κ1) is 16.0. The van der Waals surface area contributed by atoms with E-state index in [9.17, 15) is 9.59 Å². The van der Waals surface area contributed by atoms with Gasteiger partial charge in [-0.25, -0.2) is 0 Å². The molecule has 0 spiro atoms. The third kappa shape index (κ3) is 3.24. The number of aryl methyl sites for hydroxylation is 1. The van der Waals surface area contributed by atoms with Crippen molar-refractivity contribution in [2.45, 2.75) is 38.3 Å². The van der Waals surface area contributed by atoms with Crippen LogP contribution in [0.5, 0.6) is 0 Å². The summed E-state index contributed by atoms with van der Waals surface area (Å²) in [6.07, 6.45) is 2.65. The molecule has 1 aromatic carbocycles. The number of carbonyl (C=O) groups excluding carboxylic acids is 2. The van der Waals surface area contributed by atoms with E-state index >= 15 is 0 Å². The number of likely N-dealkylation sites (N-methyl/N-ethyl adjacent to an activating group) is 1. The molecule has 2 fully saturated rings. The monoisotopic (exact) mass is 316 g/mol. The first-order valence-corrected chi connectivity index (χ1v) is 8.30. The molecular weight excluding hydrogens is 292 g/mol. The van der Waals surface area contributed by atoms with Crippen LogP contribution in [0.25, 0.3) is 0 Å². The molecule has 5 nitrogen and oxygen atoms in total. The number of likely N-dealkylation sites (tertiary alicyclic amines) is 1. The Bertz CT molecular complexity index is 578. The third-order valence-corrected chi connectivity index (χ3v) is 4.81. The number of piperidine rings is 1. The lowest BCUT2D eigenvalue weighted by Crippen LogP contribution is -2.54. The summed E-state index contributed by atoms with van der Waals surface area (Å²) < 4.78 is 5.69. The average molecular weight is 316 g/mol. The molecule has 1 aromatic rings. The van der Waals surface area contributed by atoms with E-state index in [1.165, 1.54) is 6.42 Å². The molecule has 0 saturated carbocycles. The lowest BCUT2D eigenvalue weighted by Gasteiger charge is -2.41. The van der Waals surface area contributed by atoms with Crippen molar-refractivity contribution in [3.63, 3.8) is 0 Å². The molecule has 2 amide bonds. The van der Waals surface area contributed by atoms with Crippen LogP contribution < -0.4 is 0 Å². The maximum Gasteiger partial charge on any atom is 0.254 e. The third-order valence-electron chi connectivity index (χ3n) is 4.81. The summed E-state index contributed by atoms with van der Waals surface area (Å²) in [5.74, 6) is -0.0760. The molecule has 3 rings (SSSR count). The van der Waals surface area contributed by atoms with Gasteiger partial charge in [0, 0.05) is 20.1 Å². The number of ether oxygens (including phenoxy) is 1. The maximum absolute atomic E-state index is 12.9. The van der Waals surface area contributed by atoms with Crippen LogP contribution in [0, 0.1) is 6.92 Å². The Morgan fingerprint density at radius 3 is 2.43 bits per heavy atom. The summed E-state index contributed by atoms with van der Waals surface area (Å²) in [7, 11) is 1.76. The first-order valence-electron chi connectivity index (χ1n) is 8.30. The number of morpholine rings is 1. The van der Waals surface area contributed by atoms with Crippen LogP contribution in [0.4, 0.5) is 0 Å². The van der Waals surface area contributed by atoms with Gasteiger partial charge in [0.2, 0.25) is 5.91 Å². The SMILES string of the molecule is Cc1ccc(C2C(C(=O)N3CCCCC3)OCC(=O)N2C)cc1. The largest absolute Gasteiger partial charge is 0.356 e. The molecule has 2 aliphatic rings. The molecule has 2 heterocycles. The highest BCUT2D eigenvalue weighted by Gasteiger charge is 2.41. The van der Waals surface area contributed by atoms with Gasteiger partial charge in [-0.3, -0.25) is 9.59 Å². The van der Waals surface area contributed by atoms with E-state index in [1.54, 1.807) is 11.9 Å². The van der Waals surface area contributed by atoms with Crippen molar-refractivity contribution < 1.29 is 14.3 Å². The number of rotatable bonds is 2. The predicted molar refractivity (Wildman–Crippen MR) is 86.9 cm³/mol. The molecule has 0 aliphatic carbocycles. The zero-order valence-electron chi connectivity index (χ0n) is 13.8. The molecule has 124 valence electrons. The van der Waals surface area contributed by atoms with Crippen LogP contribution >= 0.6 is 0 Å². The van der Waals surface area contributed by atoms with Crippen LogP contribution in [-0.2, 0) is 14.3 Å². The van der Waals surface area contributed by atoms with E-state index in [4.69, 9.17) is 4.74 Å². The smallest absolute Gasteiger partial charge is 0.254 e. The quantitative estimate of drug-likeness (QED) is 0.837. The van der Waals surface area contributed by atoms with Crippen LogP contribution in [0.2, 0.25) is 0 Å². The van der Waals surface area contributed by atoms with E-state index in [2.05, 4.69) is 0 Å². The van der Waals surface area contributed by atoms with Crippen molar-refractivity contribution in [2.75, 3.05) is 26.7 Å². The second-order valence-corrected chi connectivity index (χ2v) is 6.48. The molecule has 5 heteroatoms. The Labute approximate surface area is 137 Å². The second-order valence-electron chi connectivity index (χ2n) is 6.48. The summed E-state index contributed by atoms with van der Waals surface area (Å²) in [5, 5.41) is 0. The average Bonchev–Trinajstić information content (AvgIpc) is 2.58. The fraction of sp³-hybridized carbons (Fsp3) is 0.556. The van der Waals surface area contributed by atoms with E-state index in [0.717, 1.165) is 37.1 Å². The number of carbonyl (C=O) groups is 2. The van der Waals surface area contributed by atoms with Gasteiger partial charge >= 0.3 is 0 Å². The summed E-state index contributed by atoms with van der Waals surface area (Å²) in [6, 6.07) is 7.62. The number of benzene rings is 1. The molecule has 0 aromatic heterocycles. The van der Waals surface area contributed by atoms with Gasteiger partial charge in [-0.2, -0.15) is 0 Å². The van der Waals surface area contributed by atoms with Crippen molar-refractivity contribution >= 4 is 11.8 Å². The molecule has 0 N–H and O–H groups in total. The van der Waals surface area contributed by atoms with Crippen LogP contribution in [0.15, 0.2) is 24.3 Å². The van der Waals surface area contributed by atoms with Gasteiger partial charge in [0.1, 0.15) is 6.61 Å². The lowest BCUT2D eigenvalue weighted by atomic mass is 9.96. The highest BCUT2D eigenvalue weighted by atomic mass is 16.5. The fourth-order valence-electron chi connectivity index (χ4n) is 3.37. The van der Waals surface area contributed by atoms with E-state index in [-0.39, 0.29) is 24.5 Å². The molecule has 2 saturated heterocycles. The summed E-state index contributed by atoms with van der Waals surface area (Å²) in [4.78, 5) is 28.5. The Balaban J connectivity index is 1.87. The van der Waals surface area contributed by atoms with Crippen molar-refractivity contribution in [3.8, 4) is 0 Å². The maximum atomic E-state index is 12.9. The summed E-state index contributed by atoms with van der Waals surface area (Å²) >= 11 is 0. The van der Waals surface area contributed by atoms with Crippen LogP contribution in [0.1, 0.15) is 36.4 Å². The van der Waals surface area contributed by atoms with Crippen molar-refractivity contribution in [1.82, 2.24) is 9.80 Å². The molecule has 2 aliphatic heterocycles. The zero-order valence-corrected chi connectivity index (χ0v) is 13.8. The molecular formula is C18H24N2O3. The van der Waals surface area contributed by atoms with Gasteiger partial charge < -0.3 is 14.5 Å². The topological polar surface area (TPSA) is 49.9 Å². The van der Waals surface area contributed by atoms with Crippen LogP contribution in [0.3, 0.4) is 0 Å². The zero-order chi connectivity index (χ0) is 16.4. The molecule has 2 atom stereocenters. The number of hydrogen-bond donors (Lipinski definition) is 0. The molecule has 2 unspecified atom stereocenters. The Hall–Kier alpha value is -1.88. The molecule has 0 bridgehead atoms. The van der Waals surface area contributed by atoms with Gasteiger partial charge in [-0.1, -0.05) is 29.8 Å².